The number of fused-ring (bicyclic) bond motifs is 1. The largest absolute Gasteiger partial charge is 0.322 e. The summed E-state index contributed by atoms with van der Waals surface area (Å²) in [7, 11) is 0. The van der Waals surface area contributed by atoms with Crippen molar-refractivity contribution in [3.05, 3.63) is 24.4 Å². The molecule has 0 fully saturated rings. The predicted octanol–water partition coefficient (Wildman–Crippen LogP) is 0.724. The Morgan fingerprint density at radius 1 is 1.16 bits per heavy atom. The Morgan fingerprint density at radius 2 is 2.00 bits per heavy atom. The summed E-state index contributed by atoms with van der Waals surface area (Å²) < 4.78 is 26.8. The van der Waals surface area contributed by atoms with Gasteiger partial charge in [0.25, 0.3) is 6.43 Å². The van der Waals surface area contributed by atoms with Gasteiger partial charge in [-0.3, -0.25) is 4.68 Å². The van der Waals surface area contributed by atoms with E-state index in [2.05, 4.69) is 31.0 Å². The van der Waals surface area contributed by atoms with Crippen molar-refractivity contribution in [2.75, 3.05) is 5.32 Å². The van der Waals surface area contributed by atoms with Gasteiger partial charge >= 0.3 is 0 Å². The fraction of sp³-hybridized carbons (Fsp3) is 0.222. The van der Waals surface area contributed by atoms with Gasteiger partial charge in [-0.2, -0.15) is 5.10 Å². The van der Waals surface area contributed by atoms with Crippen LogP contribution in [0.25, 0.3) is 5.65 Å². The molecule has 0 unspecified atom stereocenters. The fourth-order valence-electron chi connectivity index (χ4n) is 1.52. The molecule has 0 aliphatic carbocycles. The highest BCUT2D eigenvalue weighted by molar-refractivity contribution is 5.52. The van der Waals surface area contributed by atoms with E-state index in [1.165, 1.54) is 10.8 Å². The third-order valence-corrected chi connectivity index (χ3v) is 2.29. The van der Waals surface area contributed by atoms with E-state index in [0.29, 0.717) is 17.3 Å². The van der Waals surface area contributed by atoms with E-state index in [1.807, 2.05) is 0 Å². The monoisotopic (exact) mass is 266 g/mol. The lowest BCUT2D eigenvalue weighted by atomic mass is 10.5. The predicted molar refractivity (Wildman–Crippen MR) is 60.1 cm³/mol. The molecule has 98 valence electrons. The number of hydrogen-bond donors (Lipinski definition) is 1. The Labute approximate surface area is 105 Å². The number of tetrazole rings is 1. The minimum atomic E-state index is -2.44. The molecule has 0 amide bonds. The minimum absolute atomic E-state index is 0.417. The van der Waals surface area contributed by atoms with Gasteiger partial charge < -0.3 is 5.32 Å². The van der Waals surface area contributed by atoms with Crippen LogP contribution in [-0.2, 0) is 6.54 Å². The van der Waals surface area contributed by atoms with E-state index < -0.39 is 13.0 Å². The SMILES string of the molecule is FC(F)Cn1ccc(Nc2ccc3nnnn3n2)n1. The molecule has 3 heterocycles. The molecule has 0 bridgehead atoms. The molecule has 0 aromatic carbocycles. The fourth-order valence-corrected chi connectivity index (χ4v) is 1.52. The van der Waals surface area contributed by atoms with Crippen LogP contribution in [0, 0.1) is 0 Å². The zero-order valence-electron chi connectivity index (χ0n) is 9.48. The van der Waals surface area contributed by atoms with Crippen molar-refractivity contribution in [3.8, 4) is 0 Å². The Bertz CT molecular complexity index is 690. The van der Waals surface area contributed by atoms with E-state index in [0.717, 1.165) is 4.68 Å². The van der Waals surface area contributed by atoms with Crippen LogP contribution in [0.15, 0.2) is 24.4 Å². The van der Waals surface area contributed by atoms with Crippen molar-refractivity contribution in [2.24, 2.45) is 0 Å². The molecule has 8 nitrogen and oxygen atoms in total. The molecular formula is C9H8F2N8. The van der Waals surface area contributed by atoms with Crippen LogP contribution < -0.4 is 5.32 Å². The van der Waals surface area contributed by atoms with Gasteiger partial charge in [0.05, 0.1) is 0 Å². The van der Waals surface area contributed by atoms with Crippen molar-refractivity contribution in [1.82, 2.24) is 35.0 Å². The third kappa shape index (κ3) is 2.46. The lowest BCUT2D eigenvalue weighted by Crippen LogP contribution is -2.07. The van der Waals surface area contributed by atoms with Gasteiger partial charge in [0, 0.05) is 12.3 Å². The summed E-state index contributed by atoms with van der Waals surface area (Å²) in [6.45, 7) is -0.443. The van der Waals surface area contributed by atoms with Crippen molar-refractivity contribution in [2.45, 2.75) is 13.0 Å². The summed E-state index contributed by atoms with van der Waals surface area (Å²) in [6.07, 6.45) is -0.979. The minimum Gasteiger partial charge on any atom is -0.322 e. The molecule has 3 rings (SSSR count). The van der Waals surface area contributed by atoms with Crippen LogP contribution in [-0.4, -0.2) is 41.5 Å². The second-order valence-electron chi connectivity index (χ2n) is 3.68. The number of alkyl halides is 2. The second kappa shape index (κ2) is 4.55. The second-order valence-corrected chi connectivity index (χ2v) is 3.68. The summed E-state index contributed by atoms with van der Waals surface area (Å²) >= 11 is 0. The maximum Gasteiger partial charge on any atom is 0.257 e. The van der Waals surface area contributed by atoms with Crippen LogP contribution in [0.5, 0.6) is 0 Å². The average molecular weight is 266 g/mol. The number of nitrogens with one attached hydrogen (secondary N) is 1. The van der Waals surface area contributed by atoms with E-state index in [1.54, 1.807) is 18.2 Å². The standard InChI is InChI=1S/C9H8F2N8/c10-6(11)5-18-4-3-8(14-18)12-7-1-2-9-13-16-17-19(9)15-7/h1-4,6H,5H2,(H,12,14,15). The molecule has 0 aliphatic heterocycles. The highest BCUT2D eigenvalue weighted by Gasteiger charge is 2.07. The molecule has 0 spiro atoms. The lowest BCUT2D eigenvalue weighted by Gasteiger charge is -2.01. The first-order chi connectivity index (χ1) is 9.20. The van der Waals surface area contributed by atoms with E-state index in [9.17, 15) is 8.78 Å². The van der Waals surface area contributed by atoms with Gasteiger partial charge in [-0.1, -0.05) is 0 Å². The van der Waals surface area contributed by atoms with E-state index >= 15 is 0 Å². The number of aromatic nitrogens is 7. The van der Waals surface area contributed by atoms with E-state index in [-0.39, 0.29) is 0 Å². The van der Waals surface area contributed by atoms with E-state index in [4.69, 9.17) is 0 Å². The molecule has 19 heavy (non-hydrogen) atoms. The summed E-state index contributed by atoms with van der Waals surface area (Å²) in [5.41, 5.74) is 0.508. The van der Waals surface area contributed by atoms with Gasteiger partial charge in [-0.15, -0.1) is 14.8 Å². The first-order valence-electron chi connectivity index (χ1n) is 5.35. The third-order valence-electron chi connectivity index (χ3n) is 2.29. The molecule has 1 N–H and O–H groups in total. The zero-order chi connectivity index (χ0) is 13.2. The smallest absolute Gasteiger partial charge is 0.257 e. The van der Waals surface area contributed by atoms with Crippen LogP contribution >= 0.6 is 0 Å². The van der Waals surface area contributed by atoms with Crippen LogP contribution in [0.3, 0.4) is 0 Å². The first-order valence-corrected chi connectivity index (χ1v) is 5.35. The summed E-state index contributed by atoms with van der Waals surface area (Å²) in [4.78, 5) is 0. The maximum absolute atomic E-state index is 12.2. The summed E-state index contributed by atoms with van der Waals surface area (Å²) in [5.74, 6) is 0.877. The summed E-state index contributed by atoms with van der Waals surface area (Å²) in [5, 5.41) is 21.7. The van der Waals surface area contributed by atoms with Gasteiger partial charge in [-0.25, -0.2) is 8.78 Å². The first kappa shape index (κ1) is 11.4. The Kier molecular flexibility index (Phi) is 2.74. The van der Waals surface area contributed by atoms with Crippen molar-refractivity contribution in [3.63, 3.8) is 0 Å². The Morgan fingerprint density at radius 3 is 2.84 bits per heavy atom. The van der Waals surface area contributed by atoms with Gasteiger partial charge in [0.15, 0.2) is 17.3 Å². The number of anilines is 2. The molecule has 0 radical (unpaired) electrons. The zero-order valence-corrected chi connectivity index (χ0v) is 9.48. The van der Waals surface area contributed by atoms with Crippen molar-refractivity contribution < 1.29 is 8.78 Å². The molecule has 3 aromatic rings. The average Bonchev–Trinajstić information content (AvgIpc) is 2.97. The summed E-state index contributed by atoms with van der Waals surface area (Å²) in [6, 6.07) is 4.91. The molecule has 0 atom stereocenters. The highest BCUT2D eigenvalue weighted by Crippen LogP contribution is 2.12. The van der Waals surface area contributed by atoms with Gasteiger partial charge in [0.2, 0.25) is 0 Å². The Hall–Kier alpha value is -2.65. The molecular weight excluding hydrogens is 258 g/mol. The van der Waals surface area contributed by atoms with Gasteiger partial charge in [-0.05, 0) is 22.6 Å². The number of hydrogen-bond acceptors (Lipinski definition) is 6. The molecule has 0 aliphatic rings. The molecule has 0 saturated heterocycles. The maximum atomic E-state index is 12.2. The number of nitrogens with zero attached hydrogens (tertiary/aromatic N) is 7. The molecule has 3 aromatic heterocycles. The normalized spacial score (nSPS) is 11.3. The van der Waals surface area contributed by atoms with Crippen molar-refractivity contribution in [1.29, 1.82) is 0 Å². The van der Waals surface area contributed by atoms with Crippen LogP contribution in [0.2, 0.25) is 0 Å². The quantitative estimate of drug-likeness (QED) is 0.749. The number of halogens is 2. The van der Waals surface area contributed by atoms with Crippen LogP contribution in [0.1, 0.15) is 0 Å². The van der Waals surface area contributed by atoms with Gasteiger partial charge in [0.1, 0.15) is 6.54 Å². The van der Waals surface area contributed by atoms with Crippen molar-refractivity contribution >= 4 is 17.3 Å². The highest BCUT2D eigenvalue weighted by atomic mass is 19.3. The Balaban J connectivity index is 1.78. The number of rotatable bonds is 4. The molecule has 10 heteroatoms. The molecule has 0 saturated carbocycles. The topological polar surface area (TPSA) is 85.8 Å². The van der Waals surface area contributed by atoms with Crippen LogP contribution in [0.4, 0.5) is 20.4 Å². The lowest BCUT2D eigenvalue weighted by molar-refractivity contribution is 0.122.